The van der Waals surface area contributed by atoms with Crippen molar-refractivity contribution in [3.8, 4) is 11.5 Å². The predicted molar refractivity (Wildman–Crippen MR) is 84.8 cm³/mol. The molecule has 0 saturated carbocycles. The van der Waals surface area contributed by atoms with Gasteiger partial charge in [-0.1, -0.05) is 28.9 Å². The molecule has 0 unspecified atom stereocenters. The molecule has 2 heterocycles. The Morgan fingerprint density at radius 2 is 1.91 bits per heavy atom. The molecule has 0 spiro atoms. The molecule has 114 valence electrons. The minimum atomic E-state index is -0.0790. The molecule has 0 saturated heterocycles. The van der Waals surface area contributed by atoms with Gasteiger partial charge in [-0.25, -0.2) is 0 Å². The van der Waals surface area contributed by atoms with Gasteiger partial charge in [-0.2, -0.15) is 10.1 Å². The van der Waals surface area contributed by atoms with Gasteiger partial charge in [0.05, 0.1) is 17.3 Å². The summed E-state index contributed by atoms with van der Waals surface area (Å²) in [5, 5.41) is 9.08. The van der Waals surface area contributed by atoms with Gasteiger partial charge in [0.2, 0.25) is 0 Å². The van der Waals surface area contributed by atoms with E-state index in [2.05, 4.69) is 36.0 Å². The van der Waals surface area contributed by atoms with Crippen LogP contribution in [-0.4, -0.2) is 19.9 Å². The first kappa shape index (κ1) is 14.8. The number of halogens is 1. The molecule has 2 aromatic heterocycles. The summed E-state index contributed by atoms with van der Waals surface area (Å²) in [6.07, 6.45) is 4.26. The van der Waals surface area contributed by atoms with E-state index >= 15 is 0 Å². The topological polar surface area (TPSA) is 56.7 Å². The summed E-state index contributed by atoms with van der Waals surface area (Å²) < 4.78 is 7.21. The lowest BCUT2D eigenvalue weighted by molar-refractivity contribution is 0.355. The standard InChI is InChI=1S/C16H17ClN4O/c1-16(2,3)21-10-12(9-18-21)15-19-14(20-22-15)8-11-4-6-13(17)7-5-11/h4-7,9-10H,8H2,1-3H3. The largest absolute Gasteiger partial charge is 0.334 e. The molecule has 5 nitrogen and oxygen atoms in total. The summed E-state index contributed by atoms with van der Waals surface area (Å²) in [7, 11) is 0. The molecule has 0 aliphatic carbocycles. The van der Waals surface area contributed by atoms with Crippen molar-refractivity contribution in [1.82, 2.24) is 19.9 Å². The van der Waals surface area contributed by atoms with Crippen LogP contribution in [-0.2, 0) is 12.0 Å². The fourth-order valence-corrected chi connectivity index (χ4v) is 2.15. The molecule has 3 rings (SSSR count). The highest BCUT2D eigenvalue weighted by Gasteiger charge is 2.17. The third-order valence-electron chi connectivity index (χ3n) is 3.26. The summed E-state index contributed by atoms with van der Waals surface area (Å²) in [5.74, 6) is 1.13. The van der Waals surface area contributed by atoms with Gasteiger partial charge in [0.25, 0.3) is 5.89 Å². The molecule has 1 aromatic carbocycles. The third-order valence-corrected chi connectivity index (χ3v) is 3.51. The van der Waals surface area contributed by atoms with Gasteiger partial charge >= 0.3 is 0 Å². The van der Waals surface area contributed by atoms with Crippen molar-refractivity contribution in [2.45, 2.75) is 32.7 Å². The summed E-state index contributed by atoms with van der Waals surface area (Å²) in [5.41, 5.74) is 1.83. The van der Waals surface area contributed by atoms with E-state index in [1.54, 1.807) is 6.20 Å². The van der Waals surface area contributed by atoms with Gasteiger partial charge in [0.15, 0.2) is 5.82 Å². The van der Waals surface area contributed by atoms with E-state index in [4.69, 9.17) is 16.1 Å². The zero-order chi connectivity index (χ0) is 15.7. The molecule has 0 aliphatic heterocycles. The molecule has 22 heavy (non-hydrogen) atoms. The molecule has 0 aliphatic rings. The number of hydrogen-bond acceptors (Lipinski definition) is 4. The third kappa shape index (κ3) is 3.20. The first-order chi connectivity index (χ1) is 10.4. The summed E-state index contributed by atoms with van der Waals surface area (Å²) >= 11 is 5.88. The second kappa shape index (κ2) is 5.57. The monoisotopic (exact) mass is 316 g/mol. The van der Waals surface area contributed by atoms with E-state index in [-0.39, 0.29) is 5.54 Å². The van der Waals surface area contributed by atoms with Crippen molar-refractivity contribution in [3.63, 3.8) is 0 Å². The average Bonchev–Trinajstić information content (AvgIpc) is 3.09. The minimum Gasteiger partial charge on any atom is -0.334 e. The number of aromatic nitrogens is 4. The van der Waals surface area contributed by atoms with Crippen molar-refractivity contribution in [3.05, 3.63) is 53.1 Å². The molecule has 0 radical (unpaired) electrons. The lowest BCUT2D eigenvalue weighted by Crippen LogP contribution is -2.21. The van der Waals surface area contributed by atoms with E-state index in [0.29, 0.717) is 23.2 Å². The zero-order valence-corrected chi connectivity index (χ0v) is 13.5. The molecule has 0 N–H and O–H groups in total. The van der Waals surface area contributed by atoms with Gasteiger partial charge < -0.3 is 4.52 Å². The van der Waals surface area contributed by atoms with E-state index in [0.717, 1.165) is 11.1 Å². The maximum atomic E-state index is 5.88. The Bertz CT molecular complexity index is 768. The quantitative estimate of drug-likeness (QED) is 0.734. The summed E-state index contributed by atoms with van der Waals surface area (Å²) in [6.45, 7) is 6.26. The fourth-order valence-electron chi connectivity index (χ4n) is 2.03. The van der Waals surface area contributed by atoms with Crippen LogP contribution in [0.15, 0.2) is 41.2 Å². The van der Waals surface area contributed by atoms with E-state index in [1.807, 2.05) is 35.1 Å². The van der Waals surface area contributed by atoms with Crippen molar-refractivity contribution < 1.29 is 4.52 Å². The van der Waals surface area contributed by atoms with Crippen molar-refractivity contribution in [1.29, 1.82) is 0 Å². The Morgan fingerprint density at radius 1 is 1.18 bits per heavy atom. The Kier molecular flexibility index (Phi) is 3.74. The first-order valence-electron chi connectivity index (χ1n) is 7.04. The fraction of sp³-hybridized carbons (Fsp3) is 0.312. The number of benzene rings is 1. The second-order valence-corrected chi connectivity index (χ2v) is 6.60. The highest BCUT2D eigenvalue weighted by molar-refractivity contribution is 6.30. The number of nitrogens with zero attached hydrogens (tertiary/aromatic N) is 4. The highest BCUT2D eigenvalue weighted by Crippen LogP contribution is 2.21. The van der Waals surface area contributed by atoms with Crippen LogP contribution < -0.4 is 0 Å². The molecule has 0 atom stereocenters. The molecule has 3 aromatic rings. The van der Waals surface area contributed by atoms with Crippen molar-refractivity contribution in [2.24, 2.45) is 0 Å². The zero-order valence-electron chi connectivity index (χ0n) is 12.7. The van der Waals surface area contributed by atoms with E-state index in [1.165, 1.54) is 0 Å². The molecular formula is C16H17ClN4O. The SMILES string of the molecule is CC(C)(C)n1cc(-c2nc(Cc3ccc(Cl)cc3)no2)cn1. The van der Waals surface area contributed by atoms with Gasteiger partial charge in [0.1, 0.15) is 0 Å². The van der Waals surface area contributed by atoms with Crippen LogP contribution >= 0.6 is 11.6 Å². The van der Waals surface area contributed by atoms with Crippen molar-refractivity contribution >= 4 is 11.6 Å². The lowest BCUT2D eigenvalue weighted by atomic mass is 10.1. The number of rotatable bonds is 3. The van der Waals surface area contributed by atoms with Gasteiger partial charge in [-0.15, -0.1) is 0 Å². The van der Waals surface area contributed by atoms with E-state index < -0.39 is 0 Å². The second-order valence-electron chi connectivity index (χ2n) is 6.16. The average molecular weight is 317 g/mol. The van der Waals surface area contributed by atoms with Crippen molar-refractivity contribution in [2.75, 3.05) is 0 Å². The Balaban J connectivity index is 1.79. The summed E-state index contributed by atoms with van der Waals surface area (Å²) in [6, 6.07) is 7.61. The van der Waals surface area contributed by atoms with Crippen LogP contribution in [0.4, 0.5) is 0 Å². The normalized spacial score (nSPS) is 11.8. The first-order valence-corrected chi connectivity index (χ1v) is 7.42. The van der Waals surface area contributed by atoms with E-state index in [9.17, 15) is 0 Å². The molecule has 0 bridgehead atoms. The molecule has 0 fully saturated rings. The molecular weight excluding hydrogens is 300 g/mol. The van der Waals surface area contributed by atoms with Gasteiger partial charge in [0, 0.05) is 17.6 Å². The van der Waals surface area contributed by atoms with Gasteiger partial charge in [-0.3, -0.25) is 4.68 Å². The smallest absolute Gasteiger partial charge is 0.261 e. The molecule has 6 heteroatoms. The Hall–Kier alpha value is -2.14. The van der Waals surface area contributed by atoms with Crippen LogP contribution in [0.5, 0.6) is 0 Å². The minimum absolute atomic E-state index is 0.0790. The Labute approximate surface area is 133 Å². The number of hydrogen-bond donors (Lipinski definition) is 0. The highest BCUT2D eigenvalue weighted by atomic mass is 35.5. The lowest BCUT2D eigenvalue weighted by Gasteiger charge is -2.18. The Morgan fingerprint density at radius 3 is 2.55 bits per heavy atom. The van der Waals surface area contributed by atoms with Crippen LogP contribution in [0.2, 0.25) is 5.02 Å². The summed E-state index contributed by atoms with van der Waals surface area (Å²) in [4.78, 5) is 4.43. The maximum absolute atomic E-state index is 5.88. The van der Waals surface area contributed by atoms with Gasteiger partial charge in [-0.05, 0) is 38.5 Å². The molecule has 0 amide bonds. The van der Waals surface area contributed by atoms with Crippen LogP contribution in [0.25, 0.3) is 11.5 Å². The maximum Gasteiger partial charge on any atom is 0.261 e. The predicted octanol–water partition coefficient (Wildman–Crippen LogP) is 3.93. The van der Waals surface area contributed by atoms with Crippen LogP contribution in [0.3, 0.4) is 0 Å². The van der Waals surface area contributed by atoms with Crippen LogP contribution in [0.1, 0.15) is 32.2 Å². The van der Waals surface area contributed by atoms with Crippen LogP contribution in [0, 0.1) is 0 Å².